The zero-order valence-electron chi connectivity index (χ0n) is 11.5. The molecular weight excluding hydrogens is 240 g/mol. The summed E-state index contributed by atoms with van der Waals surface area (Å²) in [5, 5.41) is 0. The molecule has 0 amide bonds. The lowest BCUT2D eigenvalue weighted by atomic mass is 10.1. The summed E-state index contributed by atoms with van der Waals surface area (Å²) >= 11 is 0. The van der Waals surface area contributed by atoms with Gasteiger partial charge in [0.05, 0.1) is 0 Å². The van der Waals surface area contributed by atoms with E-state index in [0.717, 1.165) is 37.4 Å². The van der Waals surface area contributed by atoms with E-state index in [2.05, 4.69) is 14.8 Å². The highest BCUT2D eigenvalue weighted by atomic mass is 16.1. The van der Waals surface area contributed by atoms with Crippen LogP contribution in [0.1, 0.15) is 17.3 Å². The quantitative estimate of drug-likeness (QED) is 0.489. The number of hydrogen-bond acceptors (Lipinski definition) is 3. The third-order valence-corrected chi connectivity index (χ3v) is 3.47. The summed E-state index contributed by atoms with van der Waals surface area (Å²) in [4.78, 5) is 19.6. The summed E-state index contributed by atoms with van der Waals surface area (Å²) in [5.74, 6) is 0.704. The van der Waals surface area contributed by atoms with Crippen LogP contribution in [0.2, 0.25) is 0 Å². The maximum atomic E-state index is 11.2. The van der Waals surface area contributed by atoms with Crippen LogP contribution in [-0.4, -0.2) is 49.9 Å². The Morgan fingerprint density at radius 2 is 1.74 bits per heavy atom. The molecular formula is C14H20N4O. The van der Waals surface area contributed by atoms with Crippen LogP contribution in [0, 0.1) is 0 Å². The summed E-state index contributed by atoms with van der Waals surface area (Å²) in [5.41, 5.74) is 7.71. The number of Topliss-reactive ketones (excluding diaryl/α,β-unsaturated/α-hetero) is 1. The number of nitrogens with two attached hydrogens (primary N) is 1. The first kappa shape index (κ1) is 13.4. The Hall–Kier alpha value is -2.04. The fourth-order valence-electron chi connectivity index (χ4n) is 2.24. The van der Waals surface area contributed by atoms with Crippen molar-refractivity contribution in [1.82, 2.24) is 4.90 Å². The second-order valence-electron chi connectivity index (χ2n) is 4.66. The zero-order valence-corrected chi connectivity index (χ0v) is 11.5. The standard InChI is InChI=1S/C14H20N4O/c1-11(19)12-3-5-13(6-4-12)17-7-9-18(10-8-17)14(15)16-2/h3-6H,7-10H2,1-2H3,(H2,15,16). The molecule has 1 aromatic rings. The van der Waals surface area contributed by atoms with E-state index < -0.39 is 0 Å². The van der Waals surface area contributed by atoms with Gasteiger partial charge in [0, 0.05) is 44.5 Å². The van der Waals surface area contributed by atoms with Crippen LogP contribution in [0.5, 0.6) is 0 Å². The van der Waals surface area contributed by atoms with Crippen molar-refractivity contribution in [3.63, 3.8) is 0 Å². The highest BCUT2D eigenvalue weighted by Crippen LogP contribution is 2.17. The van der Waals surface area contributed by atoms with E-state index >= 15 is 0 Å². The highest BCUT2D eigenvalue weighted by Gasteiger charge is 2.18. The molecule has 0 bridgehead atoms. The summed E-state index contributed by atoms with van der Waals surface area (Å²) in [7, 11) is 1.71. The lowest BCUT2D eigenvalue weighted by Gasteiger charge is -2.36. The number of carbonyl (C=O) groups is 1. The topological polar surface area (TPSA) is 61.9 Å². The number of guanidine groups is 1. The number of anilines is 1. The molecule has 0 saturated carbocycles. The van der Waals surface area contributed by atoms with E-state index in [1.165, 1.54) is 0 Å². The normalized spacial score (nSPS) is 16.6. The number of carbonyl (C=O) groups excluding carboxylic acids is 1. The number of piperazine rings is 1. The number of hydrogen-bond donors (Lipinski definition) is 1. The minimum atomic E-state index is 0.100. The Labute approximate surface area is 113 Å². The molecule has 1 aromatic carbocycles. The third-order valence-electron chi connectivity index (χ3n) is 3.47. The van der Waals surface area contributed by atoms with Gasteiger partial charge in [-0.2, -0.15) is 0 Å². The summed E-state index contributed by atoms with van der Waals surface area (Å²) in [6.07, 6.45) is 0. The molecule has 1 heterocycles. The van der Waals surface area contributed by atoms with Crippen molar-refractivity contribution in [3.8, 4) is 0 Å². The van der Waals surface area contributed by atoms with Crippen molar-refractivity contribution >= 4 is 17.4 Å². The molecule has 0 atom stereocenters. The molecule has 1 saturated heterocycles. The molecule has 0 spiro atoms. The largest absolute Gasteiger partial charge is 0.370 e. The van der Waals surface area contributed by atoms with Gasteiger partial charge < -0.3 is 15.5 Å². The van der Waals surface area contributed by atoms with Crippen molar-refractivity contribution < 1.29 is 4.79 Å². The fourth-order valence-corrected chi connectivity index (χ4v) is 2.24. The van der Waals surface area contributed by atoms with Crippen molar-refractivity contribution in [1.29, 1.82) is 0 Å². The molecule has 1 aliphatic heterocycles. The van der Waals surface area contributed by atoms with Gasteiger partial charge in [0.15, 0.2) is 11.7 Å². The summed E-state index contributed by atoms with van der Waals surface area (Å²) in [6.45, 7) is 5.15. The van der Waals surface area contributed by atoms with Gasteiger partial charge in [-0.15, -0.1) is 0 Å². The smallest absolute Gasteiger partial charge is 0.191 e. The van der Waals surface area contributed by atoms with Gasteiger partial charge in [0.1, 0.15) is 0 Å². The second kappa shape index (κ2) is 5.73. The fraction of sp³-hybridized carbons (Fsp3) is 0.429. The van der Waals surface area contributed by atoms with E-state index in [4.69, 9.17) is 5.73 Å². The first-order chi connectivity index (χ1) is 9.11. The van der Waals surface area contributed by atoms with E-state index in [1.54, 1.807) is 14.0 Å². The van der Waals surface area contributed by atoms with Gasteiger partial charge in [-0.3, -0.25) is 9.79 Å². The molecule has 0 aliphatic carbocycles. The van der Waals surface area contributed by atoms with Crippen molar-refractivity contribution in [2.75, 3.05) is 38.1 Å². The molecule has 1 aliphatic rings. The average Bonchev–Trinajstić information content (AvgIpc) is 2.46. The van der Waals surface area contributed by atoms with Gasteiger partial charge in [0.25, 0.3) is 0 Å². The predicted molar refractivity (Wildman–Crippen MR) is 77.8 cm³/mol. The summed E-state index contributed by atoms with van der Waals surface area (Å²) < 4.78 is 0. The lowest BCUT2D eigenvalue weighted by molar-refractivity contribution is 0.101. The van der Waals surface area contributed by atoms with Crippen LogP contribution in [-0.2, 0) is 0 Å². The molecule has 5 heteroatoms. The van der Waals surface area contributed by atoms with Crippen LogP contribution in [0.3, 0.4) is 0 Å². The minimum Gasteiger partial charge on any atom is -0.370 e. The molecule has 0 radical (unpaired) electrons. The molecule has 5 nitrogen and oxygen atoms in total. The van der Waals surface area contributed by atoms with Crippen molar-refractivity contribution in [2.45, 2.75) is 6.92 Å². The highest BCUT2D eigenvalue weighted by molar-refractivity contribution is 5.94. The Kier molecular flexibility index (Phi) is 4.04. The monoisotopic (exact) mass is 260 g/mol. The minimum absolute atomic E-state index is 0.100. The lowest BCUT2D eigenvalue weighted by Crippen LogP contribution is -2.51. The predicted octanol–water partition coefficient (Wildman–Crippen LogP) is 0.956. The molecule has 2 rings (SSSR count). The van der Waals surface area contributed by atoms with E-state index in [9.17, 15) is 4.79 Å². The molecule has 102 valence electrons. The first-order valence-corrected chi connectivity index (χ1v) is 6.45. The first-order valence-electron chi connectivity index (χ1n) is 6.45. The number of aliphatic imine (C=N–C) groups is 1. The van der Waals surface area contributed by atoms with E-state index in [-0.39, 0.29) is 5.78 Å². The Morgan fingerprint density at radius 1 is 1.16 bits per heavy atom. The van der Waals surface area contributed by atoms with Crippen LogP contribution in [0.15, 0.2) is 29.3 Å². The number of nitrogens with zero attached hydrogens (tertiary/aromatic N) is 3. The maximum Gasteiger partial charge on any atom is 0.191 e. The summed E-state index contributed by atoms with van der Waals surface area (Å²) in [6, 6.07) is 7.77. The molecule has 0 aromatic heterocycles. The van der Waals surface area contributed by atoms with Gasteiger partial charge in [-0.25, -0.2) is 0 Å². The van der Waals surface area contributed by atoms with E-state index in [1.807, 2.05) is 24.3 Å². The van der Waals surface area contributed by atoms with Gasteiger partial charge >= 0.3 is 0 Å². The molecule has 19 heavy (non-hydrogen) atoms. The Balaban J connectivity index is 1.99. The van der Waals surface area contributed by atoms with Crippen LogP contribution >= 0.6 is 0 Å². The second-order valence-corrected chi connectivity index (χ2v) is 4.66. The van der Waals surface area contributed by atoms with Crippen LogP contribution in [0.4, 0.5) is 5.69 Å². The van der Waals surface area contributed by atoms with Gasteiger partial charge in [0.2, 0.25) is 0 Å². The third kappa shape index (κ3) is 3.05. The number of rotatable bonds is 2. The molecule has 0 unspecified atom stereocenters. The van der Waals surface area contributed by atoms with Gasteiger partial charge in [-0.1, -0.05) is 0 Å². The van der Waals surface area contributed by atoms with Crippen LogP contribution in [0.25, 0.3) is 0 Å². The SMILES string of the molecule is CN=C(N)N1CCN(c2ccc(C(C)=O)cc2)CC1. The number of ketones is 1. The zero-order chi connectivity index (χ0) is 13.8. The molecule has 2 N–H and O–H groups in total. The van der Waals surface area contributed by atoms with Gasteiger partial charge in [-0.05, 0) is 31.2 Å². The van der Waals surface area contributed by atoms with E-state index in [0.29, 0.717) is 5.96 Å². The van der Waals surface area contributed by atoms with Crippen molar-refractivity contribution in [2.24, 2.45) is 10.7 Å². The Morgan fingerprint density at radius 3 is 2.21 bits per heavy atom. The van der Waals surface area contributed by atoms with Crippen molar-refractivity contribution in [3.05, 3.63) is 29.8 Å². The molecule has 1 fully saturated rings. The van der Waals surface area contributed by atoms with Crippen LogP contribution < -0.4 is 10.6 Å². The maximum absolute atomic E-state index is 11.2. The average molecular weight is 260 g/mol. The number of benzene rings is 1. The Bertz CT molecular complexity index is 473.